The van der Waals surface area contributed by atoms with E-state index in [0.29, 0.717) is 23.0 Å². The van der Waals surface area contributed by atoms with Gasteiger partial charge in [-0.15, -0.1) is 0 Å². The van der Waals surface area contributed by atoms with Crippen LogP contribution in [-0.4, -0.2) is 6.54 Å². The lowest BCUT2D eigenvalue weighted by atomic mass is 10.2. The molecule has 0 amide bonds. The molecule has 0 atom stereocenters. The molecule has 0 heterocycles. The van der Waals surface area contributed by atoms with E-state index < -0.39 is 0 Å². The predicted molar refractivity (Wildman–Crippen MR) is 58.0 cm³/mol. The van der Waals surface area contributed by atoms with Gasteiger partial charge in [0.05, 0.1) is 0 Å². The average Bonchev–Trinajstić information content (AvgIpc) is 2.08. The van der Waals surface area contributed by atoms with Gasteiger partial charge in [0.2, 0.25) is 0 Å². The van der Waals surface area contributed by atoms with E-state index in [1.165, 1.54) is 6.07 Å². The van der Waals surface area contributed by atoms with Gasteiger partial charge < -0.3 is 5.32 Å². The van der Waals surface area contributed by atoms with E-state index in [0.717, 1.165) is 6.54 Å². The predicted octanol–water partition coefficient (Wildman–Crippen LogP) is 3.22. The van der Waals surface area contributed by atoms with E-state index >= 15 is 0 Å². The van der Waals surface area contributed by atoms with Crippen molar-refractivity contribution in [3.05, 3.63) is 34.6 Å². The molecule has 0 aliphatic heterocycles. The highest BCUT2D eigenvalue weighted by molar-refractivity contribution is 6.30. The molecule has 1 aromatic rings. The Balaban J connectivity index is 2.51. The second-order valence-corrected chi connectivity index (χ2v) is 4.20. The van der Waals surface area contributed by atoms with E-state index in [-0.39, 0.29) is 5.82 Å². The third-order valence-electron chi connectivity index (χ3n) is 1.88. The summed E-state index contributed by atoms with van der Waals surface area (Å²) < 4.78 is 13.3. The number of hydrogen-bond acceptors (Lipinski definition) is 1. The van der Waals surface area contributed by atoms with Gasteiger partial charge in [-0.3, -0.25) is 0 Å². The second kappa shape index (κ2) is 5.32. The summed E-state index contributed by atoms with van der Waals surface area (Å²) in [6.45, 7) is 5.68. The van der Waals surface area contributed by atoms with E-state index in [1.54, 1.807) is 12.1 Å². The van der Waals surface area contributed by atoms with Crippen molar-refractivity contribution in [3.8, 4) is 0 Å². The van der Waals surface area contributed by atoms with Crippen LogP contribution in [0, 0.1) is 11.7 Å². The van der Waals surface area contributed by atoms with Gasteiger partial charge in [0, 0.05) is 17.1 Å². The number of nitrogens with one attached hydrogen (secondary N) is 1. The summed E-state index contributed by atoms with van der Waals surface area (Å²) in [6.07, 6.45) is 0. The molecule has 1 rings (SSSR count). The van der Waals surface area contributed by atoms with Crippen LogP contribution in [0.3, 0.4) is 0 Å². The molecule has 0 aliphatic carbocycles. The third kappa shape index (κ3) is 3.64. The summed E-state index contributed by atoms with van der Waals surface area (Å²) in [4.78, 5) is 0. The zero-order valence-corrected chi connectivity index (χ0v) is 9.24. The lowest BCUT2D eigenvalue weighted by Gasteiger charge is -2.08. The average molecular weight is 216 g/mol. The molecule has 14 heavy (non-hydrogen) atoms. The normalized spacial score (nSPS) is 10.9. The highest BCUT2D eigenvalue weighted by Crippen LogP contribution is 2.14. The summed E-state index contributed by atoms with van der Waals surface area (Å²) in [6, 6.07) is 4.76. The lowest BCUT2D eigenvalue weighted by molar-refractivity contribution is 0.535. The Morgan fingerprint density at radius 3 is 2.71 bits per heavy atom. The molecular weight excluding hydrogens is 201 g/mol. The fraction of sp³-hybridized carbons (Fsp3) is 0.455. The molecule has 3 heteroatoms. The Morgan fingerprint density at radius 2 is 2.14 bits per heavy atom. The number of hydrogen-bond donors (Lipinski definition) is 1. The van der Waals surface area contributed by atoms with Crippen LogP contribution in [0.25, 0.3) is 0 Å². The fourth-order valence-corrected chi connectivity index (χ4v) is 1.32. The SMILES string of the molecule is CC(C)CNCc1ccc(Cl)cc1F. The topological polar surface area (TPSA) is 12.0 Å². The Kier molecular flexibility index (Phi) is 4.36. The second-order valence-electron chi connectivity index (χ2n) is 3.76. The highest BCUT2D eigenvalue weighted by Gasteiger charge is 2.02. The molecule has 1 aromatic carbocycles. The summed E-state index contributed by atoms with van der Waals surface area (Å²) in [7, 11) is 0. The molecule has 0 unspecified atom stereocenters. The molecule has 0 radical (unpaired) electrons. The molecule has 0 aliphatic rings. The minimum atomic E-state index is -0.242. The first-order valence-electron chi connectivity index (χ1n) is 4.74. The van der Waals surface area contributed by atoms with Gasteiger partial charge in [0.1, 0.15) is 5.82 Å². The van der Waals surface area contributed by atoms with E-state index in [9.17, 15) is 4.39 Å². The quantitative estimate of drug-likeness (QED) is 0.813. The Labute approximate surface area is 89.3 Å². The highest BCUT2D eigenvalue weighted by atomic mass is 35.5. The first-order chi connectivity index (χ1) is 6.59. The van der Waals surface area contributed by atoms with Crippen molar-refractivity contribution in [3.63, 3.8) is 0 Å². The first-order valence-corrected chi connectivity index (χ1v) is 5.12. The summed E-state index contributed by atoms with van der Waals surface area (Å²) in [5.41, 5.74) is 0.662. The molecule has 0 saturated heterocycles. The van der Waals surface area contributed by atoms with Crippen LogP contribution in [-0.2, 0) is 6.54 Å². The van der Waals surface area contributed by atoms with Crippen LogP contribution >= 0.6 is 11.6 Å². The van der Waals surface area contributed by atoms with Gasteiger partial charge in [-0.2, -0.15) is 0 Å². The number of rotatable bonds is 4. The number of halogens is 2. The van der Waals surface area contributed by atoms with E-state index in [4.69, 9.17) is 11.6 Å². The summed E-state index contributed by atoms with van der Waals surface area (Å²) >= 11 is 5.64. The van der Waals surface area contributed by atoms with Gasteiger partial charge in [0.15, 0.2) is 0 Å². The van der Waals surface area contributed by atoms with Gasteiger partial charge in [-0.05, 0) is 24.6 Å². The maximum Gasteiger partial charge on any atom is 0.129 e. The van der Waals surface area contributed by atoms with Gasteiger partial charge >= 0.3 is 0 Å². The molecular formula is C11H15ClFN. The molecule has 0 spiro atoms. The molecule has 0 fully saturated rings. The van der Waals surface area contributed by atoms with Crippen molar-refractivity contribution in [2.75, 3.05) is 6.54 Å². The molecule has 0 bridgehead atoms. The minimum Gasteiger partial charge on any atom is -0.312 e. The molecule has 0 saturated carbocycles. The standard InChI is InChI=1S/C11H15ClFN/c1-8(2)6-14-7-9-3-4-10(12)5-11(9)13/h3-5,8,14H,6-7H2,1-2H3. The fourth-order valence-electron chi connectivity index (χ4n) is 1.16. The lowest BCUT2D eigenvalue weighted by Crippen LogP contribution is -2.19. The Hall–Kier alpha value is -0.600. The van der Waals surface area contributed by atoms with Gasteiger partial charge in [0.25, 0.3) is 0 Å². The van der Waals surface area contributed by atoms with Crippen LogP contribution in [0.5, 0.6) is 0 Å². The van der Waals surface area contributed by atoms with Crippen LogP contribution in [0.15, 0.2) is 18.2 Å². The Morgan fingerprint density at radius 1 is 1.43 bits per heavy atom. The van der Waals surface area contributed by atoms with Crippen molar-refractivity contribution in [2.45, 2.75) is 20.4 Å². The van der Waals surface area contributed by atoms with Crippen molar-refractivity contribution in [1.29, 1.82) is 0 Å². The van der Waals surface area contributed by atoms with E-state index in [2.05, 4.69) is 19.2 Å². The maximum atomic E-state index is 13.3. The summed E-state index contributed by atoms with van der Waals surface area (Å²) in [5.74, 6) is 0.333. The van der Waals surface area contributed by atoms with Crippen LogP contribution < -0.4 is 5.32 Å². The van der Waals surface area contributed by atoms with Crippen LogP contribution in [0.1, 0.15) is 19.4 Å². The first kappa shape index (κ1) is 11.5. The molecule has 0 aromatic heterocycles. The van der Waals surface area contributed by atoms with Gasteiger partial charge in [-0.25, -0.2) is 4.39 Å². The molecule has 78 valence electrons. The number of benzene rings is 1. The van der Waals surface area contributed by atoms with Crippen molar-refractivity contribution in [2.24, 2.45) is 5.92 Å². The van der Waals surface area contributed by atoms with Crippen molar-refractivity contribution < 1.29 is 4.39 Å². The zero-order chi connectivity index (χ0) is 10.6. The largest absolute Gasteiger partial charge is 0.312 e. The smallest absolute Gasteiger partial charge is 0.129 e. The van der Waals surface area contributed by atoms with Gasteiger partial charge in [-0.1, -0.05) is 31.5 Å². The van der Waals surface area contributed by atoms with Crippen LogP contribution in [0.4, 0.5) is 4.39 Å². The summed E-state index contributed by atoms with van der Waals surface area (Å²) in [5, 5.41) is 3.62. The molecule has 1 nitrogen and oxygen atoms in total. The minimum absolute atomic E-state index is 0.242. The zero-order valence-electron chi connectivity index (χ0n) is 8.48. The van der Waals surface area contributed by atoms with Crippen molar-refractivity contribution in [1.82, 2.24) is 5.32 Å². The monoisotopic (exact) mass is 215 g/mol. The van der Waals surface area contributed by atoms with Crippen LogP contribution in [0.2, 0.25) is 5.02 Å². The molecule has 1 N–H and O–H groups in total. The maximum absolute atomic E-state index is 13.3. The Bertz CT molecular complexity index is 299. The van der Waals surface area contributed by atoms with Crippen molar-refractivity contribution >= 4 is 11.6 Å². The van der Waals surface area contributed by atoms with E-state index in [1.807, 2.05) is 0 Å². The third-order valence-corrected chi connectivity index (χ3v) is 2.12.